The highest BCUT2D eigenvalue weighted by Crippen LogP contribution is 2.32. The highest BCUT2D eigenvalue weighted by Gasteiger charge is 2.39. The second-order valence-electron chi connectivity index (χ2n) is 6.67. The Morgan fingerprint density at radius 2 is 1.90 bits per heavy atom. The Morgan fingerprint density at radius 3 is 2.55 bits per heavy atom. The number of thioether (sulfide) groups is 1. The molecule has 0 spiro atoms. The predicted octanol–water partition coefficient (Wildman–Crippen LogP) is 3.83. The van der Waals surface area contributed by atoms with Crippen molar-refractivity contribution in [2.45, 2.75) is 18.6 Å². The highest BCUT2D eigenvalue weighted by molar-refractivity contribution is 8.15. The number of hydrogen-bond acceptors (Lipinski definition) is 6. The number of amidine groups is 1. The van der Waals surface area contributed by atoms with Gasteiger partial charge in [0.15, 0.2) is 5.17 Å². The van der Waals surface area contributed by atoms with Crippen LogP contribution in [0.2, 0.25) is 0 Å². The molecule has 0 saturated carbocycles. The van der Waals surface area contributed by atoms with Crippen molar-refractivity contribution in [3.63, 3.8) is 0 Å². The molecule has 0 bridgehead atoms. The zero-order valence-corrected chi connectivity index (χ0v) is 18.2. The van der Waals surface area contributed by atoms with Crippen molar-refractivity contribution in [1.29, 1.82) is 0 Å². The lowest BCUT2D eigenvalue weighted by atomic mass is 10.2. The molecule has 9 heteroatoms. The van der Waals surface area contributed by atoms with E-state index >= 15 is 0 Å². The van der Waals surface area contributed by atoms with E-state index < -0.39 is 5.25 Å². The summed E-state index contributed by atoms with van der Waals surface area (Å²) in [6.45, 7) is 3.18. The largest absolute Gasteiger partial charge is 0.494 e. The molecule has 2 aromatic rings. The standard InChI is InChI=1S/C22H24FN3O4S/c1-3-30-18-10-8-17(9-11-18)25-22-26(12-13-29-2)21(28)19(31-22)14-20(27)24-16-6-4-15(23)5-7-16/h4-11,19H,3,12-14H2,1-2H3,(H,24,27). The van der Waals surface area contributed by atoms with Gasteiger partial charge in [0.2, 0.25) is 11.8 Å². The topological polar surface area (TPSA) is 80.2 Å². The lowest BCUT2D eigenvalue weighted by Crippen LogP contribution is -2.35. The van der Waals surface area contributed by atoms with E-state index in [-0.39, 0.29) is 24.1 Å². The molecule has 7 nitrogen and oxygen atoms in total. The molecule has 164 valence electrons. The number of anilines is 1. The minimum atomic E-state index is -0.598. The minimum absolute atomic E-state index is 0.0212. The van der Waals surface area contributed by atoms with Gasteiger partial charge < -0.3 is 14.8 Å². The molecule has 1 atom stereocenters. The molecule has 1 aliphatic rings. The van der Waals surface area contributed by atoms with Crippen molar-refractivity contribution >= 4 is 40.1 Å². The van der Waals surface area contributed by atoms with Crippen LogP contribution >= 0.6 is 11.8 Å². The van der Waals surface area contributed by atoms with Gasteiger partial charge in [0, 0.05) is 19.2 Å². The third-order valence-electron chi connectivity index (χ3n) is 4.41. The number of nitrogens with one attached hydrogen (secondary N) is 1. The van der Waals surface area contributed by atoms with Gasteiger partial charge in [0.1, 0.15) is 16.8 Å². The number of carbonyl (C=O) groups is 2. The number of nitrogens with zero attached hydrogens (tertiary/aromatic N) is 2. The summed E-state index contributed by atoms with van der Waals surface area (Å²) < 4.78 is 23.6. The van der Waals surface area contributed by atoms with E-state index in [1.54, 1.807) is 12.0 Å². The highest BCUT2D eigenvalue weighted by atomic mass is 32.2. The first kappa shape index (κ1) is 22.8. The first-order chi connectivity index (χ1) is 15.0. The summed E-state index contributed by atoms with van der Waals surface area (Å²) in [5.41, 5.74) is 1.15. The number of methoxy groups -OCH3 is 1. The van der Waals surface area contributed by atoms with Gasteiger partial charge in [-0.1, -0.05) is 11.8 Å². The molecule has 1 fully saturated rings. The molecule has 1 heterocycles. The zero-order valence-electron chi connectivity index (χ0n) is 17.3. The number of amides is 2. The lowest BCUT2D eigenvalue weighted by Gasteiger charge is -2.15. The van der Waals surface area contributed by atoms with E-state index in [4.69, 9.17) is 9.47 Å². The van der Waals surface area contributed by atoms with Crippen molar-refractivity contribution < 1.29 is 23.5 Å². The Balaban J connectivity index is 1.71. The fraction of sp³-hybridized carbons (Fsp3) is 0.318. The van der Waals surface area contributed by atoms with Crippen LogP contribution < -0.4 is 10.1 Å². The Morgan fingerprint density at radius 1 is 1.19 bits per heavy atom. The van der Waals surface area contributed by atoms with E-state index in [1.807, 2.05) is 31.2 Å². The molecule has 1 aliphatic heterocycles. The molecule has 3 rings (SSSR count). The number of ether oxygens (including phenoxy) is 2. The summed E-state index contributed by atoms with van der Waals surface area (Å²) in [5.74, 6) is -0.163. The van der Waals surface area contributed by atoms with Crippen LogP contribution in [0.3, 0.4) is 0 Å². The van der Waals surface area contributed by atoms with Crippen LogP contribution in [-0.2, 0) is 14.3 Å². The second-order valence-corrected chi connectivity index (χ2v) is 7.84. The van der Waals surface area contributed by atoms with Crippen molar-refractivity contribution in [3.8, 4) is 5.75 Å². The van der Waals surface area contributed by atoms with Gasteiger partial charge in [-0.15, -0.1) is 0 Å². The van der Waals surface area contributed by atoms with E-state index in [2.05, 4.69) is 10.3 Å². The average Bonchev–Trinajstić information content (AvgIpc) is 3.03. The van der Waals surface area contributed by atoms with Gasteiger partial charge in [0.05, 0.1) is 25.4 Å². The number of carbonyl (C=O) groups excluding carboxylic acids is 2. The van der Waals surface area contributed by atoms with Gasteiger partial charge in [0.25, 0.3) is 0 Å². The maximum absolute atomic E-state index is 13.0. The molecule has 1 unspecified atom stereocenters. The fourth-order valence-electron chi connectivity index (χ4n) is 2.92. The Kier molecular flexibility index (Phi) is 8.02. The van der Waals surface area contributed by atoms with Crippen molar-refractivity contribution in [2.75, 3.05) is 32.2 Å². The van der Waals surface area contributed by atoms with Gasteiger partial charge in [-0.2, -0.15) is 0 Å². The summed E-state index contributed by atoms with van der Waals surface area (Å²) in [7, 11) is 1.56. The molecular formula is C22H24FN3O4S. The Bertz CT molecular complexity index is 935. The average molecular weight is 446 g/mol. The molecular weight excluding hydrogens is 421 g/mol. The quantitative estimate of drug-likeness (QED) is 0.635. The molecule has 0 radical (unpaired) electrons. The van der Waals surface area contributed by atoms with Crippen molar-refractivity contribution in [3.05, 3.63) is 54.3 Å². The smallest absolute Gasteiger partial charge is 0.242 e. The van der Waals surface area contributed by atoms with Gasteiger partial charge in [-0.05, 0) is 55.5 Å². The van der Waals surface area contributed by atoms with Crippen LogP contribution in [0.15, 0.2) is 53.5 Å². The Hall–Kier alpha value is -2.91. The van der Waals surface area contributed by atoms with Crippen molar-refractivity contribution in [1.82, 2.24) is 4.90 Å². The monoisotopic (exact) mass is 445 g/mol. The molecule has 1 N–H and O–H groups in total. The summed E-state index contributed by atoms with van der Waals surface area (Å²) in [6, 6.07) is 12.7. The Labute approximate surface area is 184 Å². The molecule has 2 aromatic carbocycles. The van der Waals surface area contributed by atoms with Gasteiger partial charge >= 0.3 is 0 Å². The van der Waals surface area contributed by atoms with Crippen molar-refractivity contribution in [2.24, 2.45) is 4.99 Å². The summed E-state index contributed by atoms with van der Waals surface area (Å²) >= 11 is 1.25. The summed E-state index contributed by atoms with van der Waals surface area (Å²) in [5, 5.41) is 2.61. The van der Waals surface area contributed by atoms with Crippen LogP contribution in [0, 0.1) is 5.82 Å². The van der Waals surface area contributed by atoms with E-state index in [0.717, 1.165) is 5.75 Å². The van der Waals surface area contributed by atoms with Crippen LogP contribution in [0.5, 0.6) is 5.75 Å². The molecule has 2 amide bonds. The number of benzene rings is 2. The molecule has 31 heavy (non-hydrogen) atoms. The number of aliphatic imine (C=N–C) groups is 1. The molecule has 0 aromatic heterocycles. The van der Waals surface area contributed by atoms with E-state index in [0.29, 0.717) is 36.3 Å². The van der Waals surface area contributed by atoms with E-state index in [1.165, 1.54) is 36.0 Å². The van der Waals surface area contributed by atoms with Crippen LogP contribution in [0.4, 0.5) is 15.8 Å². The zero-order chi connectivity index (χ0) is 22.2. The van der Waals surface area contributed by atoms with Gasteiger partial charge in [-0.25, -0.2) is 9.38 Å². The number of rotatable bonds is 9. The fourth-order valence-corrected chi connectivity index (χ4v) is 4.10. The van der Waals surface area contributed by atoms with Crippen LogP contribution in [0.25, 0.3) is 0 Å². The summed E-state index contributed by atoms with van der Waals surface area (Å²) in [6.07, 6.45) is -0.0212. The van der Waals surface area contributed by atoms with Crippen LogP contribution in [0.1, 0.15) is 13.3 Å². The number of hydrogen-bond donors (Lipinski definition) is 1. The van der Waals surface area contributed by atoms with E-state index in [9.17, 15) is 14.0 Å². The predicted molar refractivity (Wildman–Crippen MR) is 119 cm³/mol. The maximum Gasteiger partial charge on any atom is 0.242 e. The van der Waals surface area contributed by atoms with Gasteiger partial charge in [-0.3, -0.25) is 14.5 Å². The third-order valence-corrected chi connectivity index (χ3v) is 5.59. The normalized spacial score (nSPS) is 17.3. The minimum Gasteiger partial charge on any atom is -0.494 e. The third kappa shape index (κ3) is 6.28. The SMILES string of the molecule is CCOc1ccc(N=C2SC(CC(=O)Nc3ccc(F)cc3)C(=O)N2CCOC)cc1. The number of halogens is 1. The van der Waals surface area contributed by atoms with Crippen LogP contribution in [-0.4, -0.2) is 54.0 Å². The first-order valence-corrected chi connectivity index (χ1v) is 10.7. The molecule has 1 saturated heterocycles. The summed E-state index contributed by atoms with van der Waals surface area (Å²) in [4.78, 5) is 31.5. The maximum atomic E-state index is 13.0. The first-order valence-electron chi connectivity index (χ1n) is 9.84. The second kappa shape index (κ2) is 10.9. The molecule has 0 aliphatic carbocycles. The lowest BCUT2D eigenvalue weighted by molar-refractivity contribution is -0.128.